The molecule has 1 N–H and O–H groups in total. The Hall–Kier alpha value is -0.0800. The predicted molar refractivity (Wildman–Crippen MR) is 78.8 cm³/mol. The Labute approximate surface area is 114 Å². The number of hydrogen-bond donors (Lipinski definition) is 1. The lowest BCUT2D eigenvalue weighted by Gasteiger charge is -2.45. The molecule has 0 spiro atoms. The molecule has 2 fully saturated rings. The van der Waals surface area contributed by atoms with Gasteiger partial charge in [-0.2, -0.15) is 0 Å². The fourth-order valence-corrected chi connectivity index (χ4v) is 3.25. The lowest BCUT2D eigenvalue weighted by molar-refractivity contribution is 0.0692. The number of hydrogen-bond acceptors (Lipinski definition) is 2. The van der Waals surface area contributed by atoms with Gasteiger partial charge in [0.1, 0.15) is 0 Å². The fraction of sp³-hybridized carbons (Fsp3) is 1.00. The maximum absolute atomic E-state index is 3.77. The van der Waals surface area contributed by atoms with Crippen molar-refractivity contribution in [3.8, 4) is 0 Å². The Morgan fingerprint density at radius 3 is 2.44 bits per heavy atom. The zero-order valence-electron chi connectivity index (χ0n) is 13.0. The van der Waals surface area contributed by atoms with Gasteiger partial charge in [-0.3, -0.25) is 4.90 Å². The van der Waals surface area contributed by atoms with E-state index in [1.54, 1.807) is 0 Å². The Morgan fingerprint density at radius 1 is 1.28 bits per heavy atom. The third kappa shape index (κ3) is 3.48. The van der Waals surface area contributed by atoms with Crippen molar-refractivity contribution in [1.82, 2.24) is 10.2 Å². The summed E-state index contributed by atoms with van der Waals surface area (Å²) in [5.41, 5.74) is 0.375. The highest BCUT2D eigenvalue weighted by molar-refractivity contribution is 4.93. The second kappa shape index (κ2) is 5.50. The molecule has 0 aromatic heterocycles. The van der Waals surface area contributed by atoms with Gasteiger partial charge in [0.05, 0.1) is 0 Å². The van der Waals surface area contributed by atoms with Crippen LogP contribution in [-0.4, -0.2) is 36.6 Å². The average Bonchev–Trinajstić information content (AvgIpc) is 3.11. The Kier molecular flexibility index (Phi) is 4.38. The van der Waals surface area contributed by atoms with Gasteiger partial charge in [-0.1, -0.05) is 34.6 Å². The van der Waals surface area contributed by atoms with Crippen LogP contribution in [-0.2, 0) is 0 Å². The van der Waals surface area contributed by atoms with Crippen molar-refractivity contribution in [1.29, 1.82) is 0 Å². The van der Waals surface area contributed by atoms with E-state index in [0.29, 0.717) is 11.5 Å². The summed E-state index contributed by atoms with van der Waals surface area (Å²) in [5.74, 6) is 1.93. The molecular weight excluding hydrogens is 220 g/mol. The van der Waals surface area contributed by atoms with Gasteiger partial charge in [-0.15, -0.1) is 0 Å². The number of piperazine rings is 1. The van der Waals surface area contributed by atoms with E-state index in [2.05, 4.69) is 44.8 Å². The summed E-state index contributed by atoms with van der Waals surface area (Å²) in [4.78, 5) is 2.77. The molecule has 1 saturated heterocycles. The third-order valence-electron chi connectivity index (χ3n) is 5.00. The highest BCUT2D eigenvalue weighted by Crippen LogP contribution is 2.37. The summed E-state index contributed by atoms with van der Waals surface area (Å²) in [6.45, 7) is 15.6. The molecule has 0 aromatic rings. The van der Waals surface area contributed by atoms with Crippen LogP contribution >= 0.6 is 0 Å². The van der Waals surface area contributed by atoms with Gasteiger partial charge in [0.15, 0.2) is 0 Å². The number of nitrogens with zero attached hydrogens (tertiary/aromatic N) is 1. The van der Waals surface area contributed by atoms with Gasteiger partial charge < -0.3 is 5.32 Å². The number of nitrogens with one attached hydrogen (secondary N) is 1. The van der Waals surface area contributed by atoms with E-state index < -0.39 is 0 Å². The molecule has 0 aromatic carbocycles. The van der Waals surface area contributed by atoms with Gasteiger partial charge in [0.25, 0.3) is 0 Å². The molecule has 0 bridgehead atoms. The molecule has 1 saturated carbocycles. The zero-order chi connectivity index (χ0) is 13.3. The van der Waals surface area contributed by atoms with E-state index in [9.17, 15) is 0 Å². The highest BCUT2D eigenvalue weighted by Gasteiger charge is 2.36. The molecule has 3 unspecified atom stereocenters. The second-order valence-corrected chi connectivity index (χ2v) is 7.66. The topological polar surface area (TPSA) is 15.3 Å². The van der Waals surface area contributed by atoms with Gasteiger partial charge in [0, 0.05) is 31.7 Å². The fourth-order valence-electron chi connectivity index (χ4n) is 3.25. The molecule has 3 atom stereocenters. The summed E-state index contributed by atoms with van der Waals surface area (Å²) in [6.07, 6.45) is 4.24. The maximum Gasteiger partial charge on any atom is 0.0244 e. The van der Waals surface area contributed by atoms with E-state index in [1.165, 1.54) is 38.9 Å². The van der Waals surface area contributed by atoms with Gasteiger partial charge in [-0.05, 0) is 36.5 Å². The molecule has 0 amide bonds. The quantitative estimate of drug-likeness (QED) is 0.827. The summed E-state index contributed by atoms with van der Waals surface area (Å²) in [5, 5.41) is 3.77. The van der Waals surface area contributed by atoms with Crippen LogP contribution in [0.5, 0.6) is 0 Å². The van der Waals surface area contributed by atoms with Crippen LogP contribution in [0.15, 0.2) is 0 Å². The minimum atomic E-state index is 0.375. The monoisotopic (exact) mass is 252 g/mol. The van der Waals surface area contributed by atoms with Crippen LogP contribution in [0.2, 0.25) is 0 Å². The van der Waals surface area contributed by atoms with Gasteiger partial charge in [-0.25, -0.2) is 0 Å². The molecule has 18 heavy (non-hydrogen) atoms. The largest absolute Gasteiger partial charge is 0.311 e. The normalized spacial score (nSPS) is 32.5. The molecule has 2 nitrogen and oxygen atoms in total. The summed E-state index contributed by atoms with van der Waals surface area (Å²) >= 11 is 0. The van der Waals surface area contributed by atoms with Crippen molar-refractivity contribution in [2.45, 2.75) is 66.0 Å². The molecule has 1 aliphatic carbocycles. The molecule has 106 valence electrons. The highest BCUT2D eigenvalue weighted by atomic mass is 15.2. The van der Waals surface area contributed by atoms with Crippen molar-refractivity contribution in [3.05, 3.63) is 0 Å². The van der Waals surface area contributed by atoms with Crippen LogP contribution in [0.3, 0.4) is 0 Å². The number of rotatable bonds is 4. The van der Waals surface area contributed by atoms with Crippen LogP contribution in [0, 0.1) is 17.3 Å². The summed E-state index contributed by atoms with van der Waals surface area (Å²) < 4.78 is 0. The Morgan fingerprint density at radius 2 is 1.94 bits per heavy atom. The second-order valence-electron chi connectivity index (χ2n) is 7.66. The SMILES string of the molecule is CCC1CNC(C(C)(C)C)CN1CC(C)C1CC1. The molecule has 1 heterocycles. The minimum absolute atomic E-state index is 0.375. The van der Waals surface area contributed by atoms with Crippen molar-refractivity contribution >= 4 is 0 Å². The molecule has 2 heteroatoms. The van der Waals surface area contributed by atoms with Crippen LogP contribution < -0.4 is 5.32 Å². The summed E-state index contributed by atoms with van der Waals surface area (Å²) in [6, 6.07) is 1.40. The van der Waals surface area contributed by atoms with Crippen molar-refractivity contribution in [2.24, 2.45) is 17.3 Å². The van der Waals surface area contributed by atoms with E-state index >= 15 is 0 Å². The van der Waals surface area contributed by atoms with Gasteiger partial charge in [0.2, 0.25) is 0 Å². The zero-order valence-corrected chi connectivity index (χ0v) is 13.0. The standard InChI is InChI=1S/C16H32N2/c1-6-14-9-17-15(16(3,4)5)11-18(14)10-12(2)13-7-8-13/h12-15,17H,6-11H2,1-5H3. The predicted octanol–water partition coefficient (Wildman–Crippen LogP) is 3.13. The molecule has 1 aliphatic heterocycles. The Bertz CT molecular complexity index is 265. The summed E-state index contributed by atoms with van der Waals surface area (Å²) in [7, 11) is 0. The average molecular weight is 252 g/mol. The van der Waals surface area contributed by atoms with E-state index in [1.807, 2.05) is 0 Å². The molecular formula is C16H32N2. The Balaban J connectivity index is 1.94. The van der Waals surface area contributed by atoms with Crippen molar-refractivity contribution in [3.63, 3.8) is 0 Å². The van der Waals surface area contributed by atoms with Crippen molar-refractivity contribution < 1.29 is 0 Å². The maximum atomic E-state index is 3.77. The lowest BCUT2D eigenvalue weighted by atomic mass is 9.84. The lowest BCUT2D eigenvalue weighted by Crippen LogP contribution is -2.60. The first-order valence-corrected chi connectivity index (χ1v) is 7.89. The van der Waals surface area contributed by atoms with Crippen LogP contribution in [0.4, 0.5) is 0 Å². The van der Waals surface area contributed by atoms with Crippen molar-refractivity contribution in [2.75, 3.05) is 19.6 Å². The molecule has 0 radical (unpaired) electrons. The van der Waals surface area contributed by atoms with E-state index in [4.69, 9.17) is 0 Å². The first-order valence-electron chi connectivity index (χ1n) is 7.89. The molecule has 2 rings (SSSR count). The first kappa shape index (κ1) is 14.3. The first-order chi connectivity index (χ1) is 8.41. The van der Waals surface area contributed by atoms with E-state index in [-0.39, 0.29) is 0 Å². The smallest absolute Gasteiger partial charge is 0.0244 e. The van der Waals surface area contributed by atoms with Crippen LogP contribution in [0.1, 0.15) is 53.9 Å². The van der Waals surface area contributed by atoms with E-state index in [0.717, 1.165) is 17.9 Å². The van der Waals surface area contributed by atoms with Gasteiger partial charge >= 0.3 is 0 Å². The molecule has 2 aliphatic rings. The van der Waals surface area contributed by atoms with Crippen LogP contribution in [0.25, 0.3) is 0 Å². The minimum Gasteiger partial charge on any atom is -0.311 e. The third-order valence-corrected chi connectivity index (χ3v) is 5.00.